The number of aromatic nitrogens is 1. The molecule has 2 heterocycles. The number of benzene rings is 1. The summed E-state index contributed by atoms with van der Waals surface area (Å²) < 4.78 is 0. The number of carboxylic acid groups (broad SMARTS) is 1. The second-order valence-corrected chi connectivity index (χ2v) is 7.50. The van der Waals surface area contributed by atoms with E-state index in [1.807, 2.05) is 24.3 Å². The molecule has 2 amide bonds. The van der Waals surface area contributed by atoms with Crippen LogP contribution in [-0.4, -0.2) is 68.9 Å². The van der Waals surface area contributed by atoms with Crippen LogP contribution in [0.5, 0.6) is 0 Å². The summed E-state index contributed by atoms with van der Waals surface area (Å²) >= 11 is 1.52. The molecule has 8 heteroatoms. The van der Waals surface area contributed by atoms with E-state index in [9.17, 15) is 14.4 Å². The highest BCUT2D eigenvalue weighted by atomic mass is 32.2. The van der Waals surface area contributed by atoms with Crippen molar-refractivity contribution < 1.29 is 19.5 Å². The van der Waals surface area contributed by atoms with Crippen molar-refractivity contribution in [3.05, 3.63) is 36.0 Å². The van der Waals surface area contributed by atoms with Crippen LogP contribution >= 0.6 is 11.8 Å². The lowest BCUT2D eigenvalue weighted by molar-refractivity contribution is -0.143. The van der Waals surface area contributed by atoms with Crippen molar-refractivity contribution in [1.82, 2.24) is 14.8 Å². The predicted molar refractivity (Wildman–Crippen MR) is 100 cm³/mol. The highest BCUT2D eigenvalue weighted by Gasteiger charge is 2.37. The summed E-state index contributed by atoms with van der Waals surface area (Å²) in [6.07, 6.45) is 1.67. The molecule has 1 aliphatic heterocycles. The normalized spacial score (nSPS) is 18.1. The molecule has 0 radical (unpaired) electrons. The van der Waals surface area contributed by atoms with Gasteiger partial charge in [-0.15, -0.1) is 11.8 Å². The molecule has 2 atom stereocenters. The zero-order valence-electron chi connectivity index (χ0n) is 14.6. The predicted octanol–water partition coefficient (Wildman–Crippen LogP) is 1.86. The van der Waals surface area contributed by atoms with Crippen molar-refractivity contribution in [2.45, 2.75) is 13.0 Å². The van der Waals surface area contributed by atoms with Crippen LogP contribution in [0, 0.1) is 5.92 Å². The second kappa shape index (κ2) is 7.41. The number of hydrogen-bond acceptors (Lipinski definition) is 4. The van der Waals surface area contributed by atoms with Crippen LogP contribution in [0.1, 0.15) is 17.3 Å². The molecule has 1 fully saturated rings. The first-order valence-corrected chi connectivity index (χ1v) is 9.48. The van der Waals surface area contributed by atoms with Gasteiger partial charge in [-0.1, -0.05) is 25.1 Å². The van der Waals surface area contributed by atoms with E-state index in [2.05, 4.69) is 4.98 Å². The summed E-state index contributed by atoms with van der Waals surface area (Å²) in [5, 5.41) is 9.86. The van der Waals surface area contributed by atoms with Crippen molar-refractivity contribution in [2.24, 2.45) is 5.92 Å². The molecule has 1 saturated heterocycles. The summed E-state index contributed by atoms with van der Waals surface area (Å²) in [6, 6.07) is 6.96. The Morgan fingerprint density at radius 3 is 2.85 bits per heavy atom. The van der Waals surface area contributed by atoms with Gasteiger partial charge in [0.25, 0.3) is 5.91 Å². The van der Waals surface area contributed by atoms with Crippen molar-refractivity contribution in [2.75, 3.05) is 25.2 Å². The molecule has 1 aromatic carbocycles. The van der Waals surface area contributed by atoms with Crippen LogP contribution in [0.25, 0.3) is 10.9 Å². The number of carbonyl (C=O) groups excluding carboxylic acids is 2. The summed E-state index contributed by atoms with van der Waals surface area (Å²) in [5.74, 6) is -1.06. The third-order valence-electron chi connectivity index (χ3n) is 4.59. The van der Waals surface area contributed by atoms with Crippen molar-refractivity contribution in [3.63, 3.8) is 0 Å². The lowest BCUT2D eigenvalue weighted by atomic mass is 10.1. The molecule has 138 valence electrons. The molecule has 7 nitrogen and oxygen atoms in total. The maximum absolute atomic E-state index is 13.0. The van der Waals surface area contributed by atoms with E-state index in [4.69, 9.17) is 5.11 Å². The number of H-pyrrole nitrogens is 1. The van der Waals surface area contributed by atoms with Gasteiger partial charge in [0.05, 0.1) is 17.4 Å². The molecular weight excluding hydrogens is 354 g/mol. The highest BCUT2D eigenvalue weighted by Crippen LogP contribution is 2.27. The fourth-order valence-corrected chi connectivity index (χ4v) is 4.23. The quantitative estimate of drug-likeness (QED) is 0.832. The number of amides is 2. The third-order valence-corrected chi connectivity index (χ3v) is 5.61. The molecule has 2 N–H and O–H groups in total. The van der Waals surface area contributed by atoms with E-state index in [1.165, 1.54) is 16.7 Å². The Hall–Kier alpha value is -2.48. The number of carboxylic acids is 1. The average Bonchev–Trinajstić information content (AvgIpc) is 3.27. The summed E-state index contributed by atoms with van der Waals surface area (Å²) in [6.45, 7) is 1.68. The SMILES string of the molecule is CC(CN(C)C(=O)C1CSCN1C(=O)c1c[nH]c2ccccc12)C(=O)O. The summed E-state index contributed by atoms with van der Waals surface area (Å²) in [7, 11) is 1.58. The number of rotatable bonds is 5. The molecule has 2 unspecified atom stereocenters. The first kappa shape index (κ1) is 18.3. The zero-order valence-corrected chi connectivity index (χ0v) is 15.5. The Balaban J connectivity index is 1.78. The standard InChI is InChI=1S/C18H21N3O4S/c1-11(18(24)25)8-20(2)17(23)15-9-26-10-21(15)16(22)13-7-19-14-6-4-3-5-12(13)14/h3-7,11,15,19H,8-10H2,1-2H3,(H,24,25). The summed E-state index contributed by atoms with van der Waals surface area (Å²) in [4.78, 5) is 42.9. The number of likely N-dealkylation sites (N-methyl/N-ethyl adjacent to an activating group) is 1. The molecule has 1 aromatic heterocycles. The number of aromatic amines is 1. The van der Waals surface area contributed by atoms with Crippen molar-refractivity contribution in [1.29, 1.82) is 0 Å². The number of aliphatic carboxylic acids is 1. The van der Waals surface area contributed by atoms with Gasteiger partial charge in [0.1, 0.15) is 6.04 Å². The maximum Gasteiger partial charge on any atom is 0.308 e. The van der Waals surface area contributed by atoms with Crippen LogP contribution in [0.3, 0.4) is 0 Å². The van der Waals surface area contributed by atoms with Gasteiger partial charge in [0.2, 0.25) is 5.91 Å². The Kier molecular flexibility index (Phi) is 5.22. The molecule has 0 aliphatic carbocycles. The first-order valence-electron chi connectivity index (χ1n) is 8.32. The Morgan fingerprint density at radius 2 is 2.12 bits per heavy atom. The Morgan fingerprint density at radius 1 is 1.38 bits per heavy atom. The molecule has 1 aliphatic rings. The van der Waals surface area contributed by atoms with Crippen LogP contribution in [0.4, 0.5) is 0 Å². The molecule has 0 spiro atoms. The fourth-order valence-electron chi connectivity index (χ4n) is 3.08. The van der Waals surface area contributed by atoms with E-state index in [0.717, 1.165) is 10.9 Å². The topological polar surface area (TPSA) is 93.7 Å². The number of nitrogens with one attached hydrogen (secondary N) is 1. The number of para-hydroxylation sites is 1. The van der Waals surface area contributed by atoms with E-state index >= 15 is 0 Å². The number of fused-ring (bicyclic) bond motifs is 1. The molecule has 3 rings (SSSR count). The van der Waals surface area contributed by atoms with Crippen LogP contribution in [0.15, 0.2) is 30.5 Å². The van der Waals surface area contributed by atoms with Crippen LogP contribution in [-0.2, 0) is 9.59 Å². The highest BCUT2D eigenvalue weighted by molar-refractivity contribution is 7.99. The molecule has 0 saturated carbocycles. The monoisotopic (exact) mass is 375 g/mol. The van der Waals surface area contributed by atoms with Gasteiger partial charge in [0.15, 0.2) is 0 Å². The average molecular weight is 375 g/mol. The largest absolute Gasteiger partial charge is 0.481 e. The second-order valence-electron chi connectivity index (χ2n) is 6.50. The molecule has 0 bridgehead atoms. The fraction of sp³-hybridized carbons (Fsp3) is 0.389. The van der Waals surface area contributed by atoms with Gasteiger partial charge in [-0.05, 0) is 6.07 Å². The minimum atomic E-state index is -0.947. The lowest BCUT2D eigenvalue weighted by Gasteiger charge is -2.28. The Bertz CT molecular complexity index is 850. The number of hydrogen-bond donors (Lipinski definition) is 2. The first-order chi connectivity index (χ1) is 12.4. The summed E-state index contributed by atoms with van der Waals surface area (Å²) in [5.41, 5.74) is 1.42. The molecular formula is C18H21N3O4S. The van der Waals surface area contributed by atoms with Crippen LogP contribution < -0.4 is 0 Å². The van der Waals surface area contributed by atoms with Gasteiger partial charge in [-0.3, -0.25) is 14.4 Å². The number of carbonyl (C=O) groups is 3. The van der Waals surface area contributed by atoms with E-state index in [0.29, 0.717) is 17.2 Å². The zero-order chi connectivity index (χ0) is 18.8. The molecule has 2 aromatic rings. The van der Waals surface area contributed by atoms with E-state index in [-0.39, 0.29) is 18.4 Å². The minimum absolute atomic E-state index is 0.116. The van der Waals surface area contributed by atoms with Crippen molar-refractivity contribution >= 4 is 40.4 Å². The number of thioether (sulfide) groups is 1. The third kappa shape index (κ3) is 3.41. The van der Waals surface area contributed by atoms with Gasteiger partial charge in [0, 0.05) is 36.4 Å². The van der Waals surface area contributed by atoms with Crippen molar-refractivity contribution in [3.8, 4) is 0 Å². The van der Waals surface area contributed by atoms with Gasteiger partial charge in [-0.2, -0.15) is 0 Å². The maximum atomic E-state index is 13.0. The lowest BCUT2D eigenvalue weighted by Crippen LogP contribution is -2.49. The smallest absolute Gasteiger partial charge is 0.308 e. The molecule has 26 heavy (non-hydrogen) atoms. The van der Waals surface area contributed by atoms with Gasteiger partial charge >= 0.3 is 5.97 Å². The van der Waals surface area contributed by atoms with Gasteiger partial charge < -0.3 is 19.9 Å². The van der Waals surface area contributed by atoms with E-state index in [1.54, 1.807) is 25.1 Å². The van der Waals surface area contributed by atoms with Gasteiger partial charge in [-0.25, -0.2) is 0 Å². The number of nitrogens with zero attached hydrogens (tertiary/aromatic N) is 2. The minimum Gasteiger partial charge on any atom is -0.481 e. The Labute approximate surface area is 155 Å². The van der Waals surface area contributed by atoms with Crippen LogP contribution in [0.2, 0.25) is 0 Å². The van der Waals surface area contributed by atoms with E-state index < -0.39 is 17.9 Å².